The highest BCUT2D eigenvalue weighted by atomic mass is 32.2. The van der Waals surface area contributed by atoms with E-state index in [4.69, 9.17) is 0 Å². The lowest BCUT2D eigenvalue weighted by molar-refractivity contribution is 0.886. The lowest BCUT2D eigenvalue weighted by Crippen LogP contribution is -1.98. The summed E-state index contributed by atoms with van der Waals surface area (Å²) >= 11 is 2.03. The van der Waals surface area contributed by atoms with Gasteiger partial charge in [-0.2, -0.15) is 5.10 Å². The Labute approximate surface area is 130 Å². The molecule has 1 N–H and O–H groups in total. The van der Waals surface area contributed by atoms with Gasteiger partial charge in [-0.1, -0.05) is 19.4 Å². The van der Waals surface area contributed by atoms with Crippen LogP contribution in [-0.2, 0) is 6.54 Å². The van der Waals surface area contributed by atoms with E-state index in [1.165, 1.54) is 30.6 Å². The Balaban J connectivity index is 1.52. The normalized spacial score (nSPS) is 15.2. The topological polar surface area (TPSA) is 29.9 Å². The maximum atomic E-state index is 4.17. The fourth-order valence-corrected chi connectivity index (χ4v) is 3.87. The average Bonchev–Trinajstić information content (AvgIpc) is 3.18. The zero-order chi connectivity index (χ0) is 14.5. The van der Waals surface area contributed by atoms with Crippen molar-refractivity contribution in [1.29, 1.82) is 0 Å². The van der Waals surface area contributed by atoms with Crippen LogP contribution in [0.3, 0.4) is 0 Å². The highest BCUT2D eigenvalue weighted by Crippen LogP contribution is 2.34. The second kappa shape index (κ2) is 6.85. The third-order valence-corrected chi connectivity index (χ3v) is 5.15. The van der Waals surface area contributed by atoms with E-state index in [-0.39, 0.29) is 0 Å². The van der Waals surface area contributed by atoms with Crippen molar-refractivity contribution in [2.24, 2.45) is 0 Å². The minimum atomic E-state index is 0.781. The maximum absolute atomic E-state index is 4.17. The van der Waals surface area contributed by atoms with E-state index in [0.29, 0.717) is 0 Å². The number of rotatable bonds is 6. The molecule has 0 atom stereocenters. The van der Waals surface area contributed by atoms with Crippen molar-refractivity contribution in [1.82, 2.24) is 9.78 Å². The largest absolute Gasteiger partial charge is 0.381 e. The molecule has 3 rings (SSSR count). The lowest BCUT2D eigenvalue weighted by Gasteiger charge is -2.10. The van der Waals surface area contributed by atoms with E-state index in [2.05, 4.69) is 41.3 Å². The summed E-state index contributed by atoms with van der Waals surface area (Å²) in [4.78, 5) is 1.38. The Bertz CT molecular complexity index is 582. The second-order valence-corrected chi connectivity index (χ2v) is 6.79. The number of hydrogen-bond donors (Lipinski definition) is 1. The minimum absolute atomic E-state index is 0.781. The van der Waals surface area contributed by atoms with Gasteiger partial charge < -0.3 is 5.32 Å². The molecule has 0 bridgehead atoms. The van der Waals surface area contributed by atoms with E-state index < -0.39 is 0 Å². The molecule has 0 radical (unpaired) electrons. The van der Waals surface area contributed by atoms with E-state index in [1.54, 1.807) is 10.9 Å². The molecule has 1 aromatic carbocycles. The number of benzene rings is 1. The number of aromatic nitrogens is 2. The summed E-state index contributed by atoms with van der Waals surface area (Å²) in [6.45, 7) is 4.47. The van der Waals surface area contributed by atoms with E-state index in [0.717, 1.165) is 23.0 Å². The quantitative estimate of drug-likeness (QED) is 0.843. The van der Waals surface area contributed by atoms with Crippen LogP contribution in [0.25, 0.3) is 6.20 Å². The molecule has 0 spiro atoms. The first kappa shape index (κ1) is 14.3. The van der Waals surface area contributed by atoms with Crippen LogP contribution in [-0.4, -0.2) is 15.0 Å². The molecule has 1 aromatic heterocycles. The van der Waals surface area contributed by atoms with Gasteiger partial charge >= 0.3 is 0 Å². The van der Waals surface area contributed by atoms with Crippen LogP contribution < -0.4 is 5.32 Å². The fourth-order valence-electron chi connectivity index (χ4n) is 2.62. The molecule has 0 aliphatic heterocycles. The molecule has 0 amide bonds. The highest BCUT2D eigenvalue weighted by Gasteiger charge is 2.15. The van der Waals surface area contributed by atoms with Gasteiger partial charge in [0.2, 0.25) is 0 Å². The van der Waals surface area contributed by atoms with E-state index in [1.807, 2.05) is 24.2 Å². The summed E-state index contributed by atoms with van der Waals surface area (Å²) < 4.78 is 1.72. The van der Waals surface area contributed by atoms with Crippen molar-refractivity contribution in [3.8, 4) is 0 Å². The Hall–Kier alpha value is -1.68. The smallest absolute Gasteiger partial charge is 0.0543 e. The van der Waals surface area contributed by atoms with Crippen LogP contribution in [0, 0.1) is 0 Å². The number of nitrogens with zero attached hydrogens (tertiary/aromatic N) is 2. The molecule has 21 heavy (non-hydrogen) atoms. The van der Waals surface area contributed by atoms with Gasteiger partial charge in [0.05, 0.1) is 6.20 Å². The van der Waals surface area contributed by atoms with Crippen LogP contribution in [0.15, 0.2) is 48.1 Å². The third kappa shape index (κ3) is 3.91. The molecular weight excluding hydrogens is 278 g/mol. The summed E-state index contributed by atoms with van der Waals surface area (Å²) in [7, 11) is 0. The first-order valence-electron chi connectivity index (χ1n) is 7.49. The van der Waals surface area contributed by atoms with Gasteiger partial charge in [0.15, 0.2) is 0 Å². The molecule has 2 aromatic rings. The van der Waals surface area contributed by atoms with E-state index >= 15 is 0 Å². The van der Waals surface area contributed by atoms with E-state index in [9.17, 15) is 0 Å². The van der Waals surface area contributed by atoms with Crippen LogP contribution >= 0.6 is 11.8 Å². The Morgan fingerprint density at radius 3 is 2.71 bits per heavy atom. The molecule has 0 unspecified atom stereocenters. The van der Waals surface area contributed by atoms with Crippen LogP contribution in [0.1, 0.15) is 31.2 Å². The summed E-state index contributed by atoms with van der Waals surface area (Å²) in [6, 6.07) is 8.77. The molecule has 0 saturated heterocycles. The number of thioether (sulfide) groups is 1. The monoisotopic (exact) mass is 299 g/mol. The predicted octanol–water partition coefficient (Wildman–Crippen LogP) is 4.63. The first-order valence-corrected chi connectivity index (χ1v) is 8.37. The number of nitrogens with one attached hydrogen (secondary N) is 1. The Morgan fingerprint density at radius 1 is 1.29 bits per heavy atom. The van der Waals surface area contributed by atoms with Crippen molar-refractivity contribution in [2.45, 2.75) is 42.4 Å². The minimum Gasteiger partial charge on any atom is -0.381 e. The predicted molar refractivity (Wildman–Crippen MR) is 90.5 cm³/mol. The summed E-state index contributed by atoms with van der Waals surface area (Å²) in [5.74, 6) is 0. The van der Waals surface area contributed by atoms with Crippen LogP contribution in [0.2, 0.25) is 0 Å². The molecule has 1 saturated carbocycles. The van der Waals surface area contributed by atoms with Crippen LogP contribution in [0.5, 0.6) is 0 Å². The summed E-state index contributed by atoms with van der Waals surface area (Å²) in [5, 5.41) is 8.42. The molecule has 1 fully saturated rings. The second-order valence-electron chi connectivity index (χ2n) is 5.41. The van der Waals surface area contributed by atoms with Crippen molar-refractivity contribution in [2.75, 3.05) is 5.32 Å². The van der Waals surface area contributed by atoms with Gasteiger partial charge in [-0.3, -0.25) is 0 Å². The van der Waals surface area contributed by atoms with Gasteiger partial charge in [-0.25, -0.2) is 4.68 Å². The van der Waals surface area contributed by atoms with Crippen molar-refractivity contribution >= 4 is 23.6 Å². The van der Waals surface area contributed by atoms with Gasteiger partial charge in [0.1, 0.15) is 0 Å². The highest BCUT2D eigenvalue weighted by molar-refractivity contribution is 8.00. The standard InChI is InChI=1S/C17H21N3S/c1-2-20-13-14(12-19-20)11-18-15-7-9-17(10-8-15)21-16-5-3-4-6-16/h2,7-10,12-13,16,18H,1,3-6,11H2. The van der Waals surface area contributed by atoms with Gasteiger partial charge in [0, 0.05) is 40.3 Å². The summed E-state index contributed by atoms with van der Waals surface area (Å²) in [5.41, 5.74) is 2.30. The summed E-state index contributed by atoms with van der Waals surface area (Å²) in [6.07, 6.45) is 11.1. The van der Waals surface area contributed by atoms with Gasteiger partial charge in [-0.15, -0.1) is 11.8 Å². The van der Waals surface area contributed by atoms with Crippen molar-refractivity contribution in [3.05, 3.63) is 48.8 Å². The zero-order valence-corrected chi connectivity index (χ0v) is 13.0. The average molecular weight is 299 g/mol. The van der Waals surface area contributed by atoms with Gasteiger partial charge in [-0.05, 0) is 37.1 Å². The van der Waals surface area contributed by atoms with Crippen LogP contribution in [0.4, 0.5) is 5.69 Å². The zero-order valence-electron chi connectivity index (χ0n) is 12.2. The molecule has 1 aliphatic carbocycles. The first-order chi connectivity index (χ1) is 10.3. The number of anilines is 1. The SMILES string of the molecule is C=Cn1cc(CNc2ccc(SC3CCCC3)cc2)cn1. The molecule has 110 valence electrons. The molecule has 3 nitrogen and oxygen atoms in total. The lowest BCUT2D eigenvalue weighted by atomic mass is 10.3. The maximum Gasteiger partial charge on any atom is 0.0543 e. The van der Waals surface area contributed by atoms with Crippen molar-refractivity contribution in [3.63, 3.8) is 0 Å². The fraction of sp³-hybridized carbons (Fsp3) is 0.353. The Morgan fingerprint density at radius 2 is 2.05 bits per heavy atom. The third-order valence-electron chi connectivity index (χ3n) is 3.80. The molecule has 4 heteroatoms. The number of hydrogen-bond acceptors (Lipinski definition) is 3. The van der Waals surface area contributed by atoms with Gasteiger partial charge in [0.25, 0.3) is 0 Å². The molecule has 1 aliphatic rings. The molecular formula is C17H21N3S. The van der Waals surface area contributed by atoms with Crippen molar-refractivity contribution < 1.29 is 0 Å². The molecule has 1 heterocycles. The Kier molecular flexibility index (Phi) is 4.65.